The quantitative estimate of drug-likeness (QED) is 0.787. The molecular weight excluding hydrogens is 342 g/mol. The molecule has 27 heavy (non-hydrogen) atoms. The van der Waals surface area contributed by atoms with Gasteiger partial charge in [0.05, 0.1) is 5.92 Å². The van der Waals surface area contributed by atoms with E-state index in [9.17, 15) is 4.79 Å². The standard InChI is InChI=1S/C20H33N5O2/c1-2-6-18-21-20(22-27-18)24-13-8-17(9-14-24)25-12-5-7-16(15-25)19(26)23-10-3-4-11-23/h16-17H,2-15H2,1H3/t16-/m0/s1. The van der Waals surface area contributed by atoms with Crippen molar-refractivity contribution in [2.45, 2.75) is 64.3 Å². The predicted molar refractivity (Wildman–Crippen MR) is 104 cm³/mol. The Hall–Kier alpha value is -1.63. The maximum absolute atomic E-state index is 12.8. The Morgan fingerprint density at radius 3 is 2.59 bits per heavy atom. The highest BCUT2D eigenvalue weighted by molar-refractivity contribution is 5.79. The fraction of sp³-hybridized carbons (Fsp3) is 0.850. The third-order valence-electron chi connectivity index (χ3n) is 6.40. The Balaban J connectivity index is 1.29. The maximum Gasteiger partial charge on any atom is 0.266 e. The maximum atomic E-state index is 12.8. The highest BCUT2D eigenvalue weighted by Gasteiger charge is 2.34. The van der Waals surface area contributed by atoms with Crippen LogP contribution in [0.4, 0.5) is 5.95 Å². The lowest BCUT2D eigenvalue weighted by Crippen LogP contribution is -2.51. The van der Waals surface area contributed by atoms with Crippen molar-refractivity contribution in [3.63, 3.8) is 0 Å². The first kappa shape index (κ1) is 18.7. The van der Waals surface area contributed by atoms with Crippen molar-refractivity contribution >= 4 is 11.9 Å². The van der Waals surface area contributed by atoms with Crippen LogP contribution >= 0.6 is 0 Å². The summed E-state index contributed by atoms with van der Waals surface area (Å²) in [6.45, 7) is 8.08. The molecule has 3 aliphatic rings. The molecule has 0 bridgehead atoms. The first-order valence-corrected chi connectivity index (χ1v) is 10.8. The number of aryl methyl sites for hydroxylation is 1. The van der Waals surface area contributed by atoms with Crippen molar-refractivity contribution in [3.8, 4) is 0 Å². The number of amides is 1. The molecule has 0 aliphatic carbocycles. The van der Waals surface area contributed by atoms with E-state index in [-0.39, 0.29) is 5.92 Å². The van der Waals surface area contributed by atoms with E-state index < -0.39 is 0 Å². The minimum Gasteiger partial charge on any atom is -0.342 e. The first-order chi connectivity index (χ1) is 13.2. The van der Waals surface area contributed by atoms with Crippen molar-refractivity contribution in [1.82, 2.24) is 19.9 Å². The molecule has 0 radical (unpaired) electrons. The van der Waals surface area contributed by atoms with E-state index in [4.69, 9.17) is 4.52 Å². The van der Waals surface area contributed by atoms with Gasteiger partial charge in [-0.2, -0.15) is 4.98 Å². The number of anilines is 1. The average molecular weight is 376 g/mol. The molecular formula is C20H33N5O2. The van der Waals surface area contributed by atoms with Gasteiger partial charge in [0.15, 0.2) is 0 Å². The second-order valence-corrected chi connectivity index (χ2v) is 8.32. The van der Waals surface area contributed by atoms with Gasteiger partial charge in [0.25, 0.3) is 5.95 Å². The average Bonchev–Trinajstić information content (AvgIpc) is 3.40. The van der Waals surface area contributed by atoms with Crippen molar-refractivity contribution in [3.05, 3.63) is 5.89 Å². The summed E-state index contributed by atoms with van der Waals surface area (Å²) in [5, 5.41) is 4.15. The molecule has 4 heterocycles. The Kier molecular flexibility index (Phi) is 5.95. The van der Waals surface area contributed by atoms with Crippen LogP contribution < -0.4 is 4.90 Å². The Bertz CT molecular complexity index is 620. The van der Waals surface area contributed by atoms with Crippen LogP contribution in [0.1, 0.15) is 57.8 Å². The minimum atomic E-state index is 0.212. The number of likely N-dealkylation sites (tertiary alicyclic amines) is 2. The van der Waals surface area contributed by atoms with Crippen molar-refractivity contribution in [2.24, 2.45) is 5.92 Å². The van der Waals surface area contributed by atoms with E-state index in [2.05, 4.69) is 31.8 Å². The summed E-state index contributed by atoms with van der Waals surface area (Å²) < 4.78 is 5.34. The molecule has 3 fully saturated rings. The van der Waals surface area contributed by atoms with E-state index >= 15 is 0 Å². The summed E-state index contributed by atoms with van der Waals surface area (Å²) in [5.74, 6) is 2.11. The summed E-state index contributed by atoms with van der Waals surface area (Å²) in [6, 6.07) is 0.581. The van der Waals surface area contributed by atoms with Crippen LogP contribution in [0.3, 0.4) is 0 Å². The summed E-state index contributed by atoms with van der Waals surface area (Å²) in [5.41, 5.74) is 0. The third kappa shape index (κ3) is 4.28. The van der Waals surface area contributed by atoms with Gasteiger partial charge >= 0.3 is 0 Å². The van der Waals surface area contributed by atoms with Crippen LogP contribution in [-0.4, -0.2) is 71.2 Å². The van der Waals surface area contributed by atoms with Crippen LogP contribution in [0.2, 0.25) is 0 Å². The number of hydrogen-bond acceptors (Lipinski definition) is 6. The van der Waals surface area contributed by atoms with Crippen LogP contribution in [0, 0.1) is 5.92 Å². The zero-order valence-electron chi connectivity index (χ0n) is 16.6. The van der Waals surface area contributed by atoms with Gasteiger partial charge < -0.3 is 14.3 Å². The predicted octanol–water partition coefficient (Wildman–Crippen LogP) is 2.33. The lowest BCUT2D eigenvalue weighted by Gasteiger charge is -2.42. The molecule has 0 saturated carbocycles. The van der Waals surface area contributed by atoms with Crippen LogP contribution in [0.15, 0.2) is 4.52 Å². The molecule has 3 saturated heterocycles. The molecule has 3 aliphatic heterocycles. The van der Waals surface area contributed by atoms with Crippen LogP contribution in [0.25, 0.3) is 0 Å². The van der Waals surface area contributed by atoms with E-state index in [1.165, 1.54) is 12.8 Å². The smallest absolute Gasteiger partial charge is 0.266 e. The topological polar surface area (TPSA) is 65.7 Å². The number of carbonyl (C=O) groups is 1. The number of piperidine rings is 2. The number of hydrogen-bond donors (Lipinski definition) is 0. The number of carbonyl (C=O) groups excluding carboxylic acids is 1. The highest BCUT2D eigenvalue weighted by atomic mass is 16.5. The fourth-order valence-corrected chi connectivity index (χ4v) is 4.86. The number of rotatable bonds is 5. The van der Waals surface area contributed by atoms with Gasteiger partial charge in [-0.25, -0.2) is 0 Å². The Labute approximate surface area is 162 Å². The summed E-state index contributed by atoms with van der Waals surface area (Å²) in [6.07, 6.45) is 8.67. The molecule has 150 valence electrons. The Morgan fingerprint density at radius 1 is 1.07 bits per heavy atom. The monoisotopic (exact) mass is 375 g/mol. The second kappa shape index (κ2) is 8.59. The molecule has 7 heteroatoms. The van der Waals surface area contributed by atoms with E-state index in [0.717, 1.165) is 89.6 Å². The largest absolute Gasteiger partial charge is 0.342 e. The molecule has 4 rings (SSSR count). The summed E-state index contributed by atoms with van der Waals surface area (Å²) in [7, 11) is 0. The van der Waals surface area contributed by atoms with Gasteiger partial charge in [0, 0.05) is 45.2 Å². The van der Waals surface area contributed by atoms with Crippen molar-refractivity contribution < 1.29 is 9.32 Å². The molecule has 0 N–H and O–H groups in total. The van der Waals surface area contributed by atoms with Crippen molar-refractivity contribution in [2.75, 3.05) is 44.2 Å². The molecule has 1 atom stereocenters. The molecule has 0 aromatic carbocycles. The van der Waals surface area contributed by atoms with Crippen molar-refractivity contribution in [1.29, 1.82) is 0 Å². The SMILES string of the molecule is CCCc1nc(N2CCC(N3CCC[C@H](C(=O)N4CCCC4)C3)CC2)no1. The lowest BCUT2D eigenvalue weighted by atomic mass is 9.93. The second-order valence-electron chi connectivity index (χ2n) is 8.32. The van der Waals surface area contributed by atoms with Crippen LogP contribution in [0.5, 0.6) is 0 Å². The molecule has 1 amide bonds. The van der Waals surface area contributed by atoms with E-state index in [1.54, 1.807) is 0 Å². The van der Waals surface area contributed by atoms with Gasteiger partial charge in [-0.1, -0.05) is 6.92 Å². The van der Waals surface area contributed by atoms with Crippen LogP contribution in [-0.2, 0) is 11.2 Å². The molecule has 1 aromatic heterocycles. The van der Waals surface area contributed by atoms with E-state index in [0.29, 0.717) is 11.9 Å². The third-order valence-corrected chi connectivity index (χ3v) is 6.40. The van der Waals surface area contributed by atoms with Gasteiger partial charge in [0.1, 0.15) is 0 Å². The first-order valence-electron chi connectivity index (χ1n) is 10.8. The number of nitrogens with zero attached hydrogens (tertiary/aromatic N) is 5. The molecule has 0 spiro atoms. The van der Waals surface area contributed by atoms with E-state index in [1.807, 2.05) is 0 Å². The van der Waals surface area contributed by atoms with Gasteiger partial charge in [-0.05, 0) is 56.6 Å². The molecule has 1 aromatic rings. The number of aromatic nitrogens is 2. The molecule has 0 unspecified atom stereocenters. The zero-order valence-corrected chi connectivity index (χ0v) is 16.6. The summed E-state index contributed by atoms with van der Waals surface area (Å²) in [4.78, 5) is 24.2. The Morgan fingerprint density at radius 2 is 1.85 bits per heavy atom. The minimum absolute atomic E-state index is 0.212. The highest BCUT2D eigenvalue weighted by Crippen LogP contribution is 2.27. The fourth-order valence-electron chi connectivity index (χ4n) is 4.86. The zero-order chi connectivity index (χ0) is 18.6. The van der Waals surface area contributed by atoms with Gasteiger partial charge in [-0.15, -0.1) is 0 Å². The summed E-state index contributed by atoms with van der Waals surface area (Å²) >= 11 is 0. The van der Waals surface area contributed by atoms with Gasteiger partial charge in [-0.3, -0.25) is 9.69 Å². The van der Waals surface area contributed by atoms with Gasteiger partial charge in [0.2, 0.25) is 11.8 Å². The molecule has 7 nitrogen and oxygen atoms in total. The normalized spacial score (nSPS) is 25.3. The lowest BCUT2D eigenvalue weighted by molar-refractivity contribution is -0.136.